The molecule has 2 aromatic carbocycles. The molecular weight excluding hydrogens is 530 g/mol. The normalized spacial score (nSPS) is 16.3. The first-order chi connectivity index (χ1) is 17.8. The van der Waals surface area contributed by atoms with Gasteiger partial charge in [0.1, 0.15) is 5.82 Å². The van der Waals surface area contributed by atoms with Gasteiger partial charge >= 0.3 is 5.97 Å². The molecule has 1 aliphatic heterocycles. The highest BCUT2D eigenvalue weighted by Gasteiger charge is 2.35. The molecule has 0 saturated carbocycles. The number of nitrogens with two attached hydrogens (primary N) is 1. The van der Waals surface area contributed by atoms with Crippen molar-refractivity contribution in [3.05, 3.63) is 64.7 Å². The van der Waals surface area contributed by atoms with Gasteiger partial charge in [-0.2, -0.15) is 0 Å². The van der Waals surface area contributed by atoms with E-state index >= 15 is 0 Å². The standard InChI is InChI=1S/C25H27F4N3O5S/c1-25(2,24(35)36)37-20-4-3-13(7-19(20)29)12-31-22(34)23-32(5-6-38-23)21(33)10-15(30)8-14-9-17(27)18(28)11-16(14)26/h3-4,7,9,11,15,23H,5-6,8,10,12,30H2,1-2H3,(H,31,34)(H,35,36)/t15-,23?/m1/s1. The van der Waals surface area contributed by atoms with Gasteiger partial charge in [-0.3, -0.25) is 9.59 Å². The van der Waals surface area contributed by atoms with Crippen LogP contribution < -0.4 is 15.8 Å². The van der Waals surface area contributed by atoms with E-state index in [1.165, 1.54) is 42.6 Å². The van der Waals surface area contributed by atoms with E-state index in [4.69, 9.17) is 15.6 Å². The van der Waals surface area contributed by atoms with Crippen molar-refractivity contribution in [1.82, 2.24) is 10.2 Å². The van der Waals surface area contributed by atoms with Crippen molar-refractivity contribution in [3.63, 3.8) is 0 Å². The quantitative estimate of drug-likeness (QED) is 0.303. The van der Waals surface area contributed by atoms with E-state index in [0.717, 1.165) is 6.07 Å². The molecule has 0 bridgehead atoms. The molecule has 1 saturated heterocycles. The molecule has 13 heteroatoms. The van der Waals surface area contributed by atoms with Crippen molar-refractivity contribution >= 4 is 29.5 Å². The van der Waals surface area contributed by atoms with Crippen molar-refractivity contribution in [2.75, 3.05) is 12.3 Å². The van der Waals surface area contributed by atoms with E-state index in [1.54, 1.807) is 0 Å². The Morgan fingerprint density at radius 1 is 1.13 bits per heavy atom. The largest absolute Gasteiger partial charge is 0.478 e. The number of carbonyl (C=O) groups excluding carboxylic acids is 2. The predicted molar refractivity (Wildman–Crippen MR) is 131 cm³/mol. The maximum atomic E-state index is 14.4. The van der Waals surface area contributed by atoms with Crippen LogP contribution in [0.1, 0.15) is 31.4 Å². The molecule has 0 radical (unpaired) electrons. The van der Waals surface area contributed by atoms with E-state index in [0.29, 0.717) is 23.4 Å². The van der Waals surface area contributed by atoms with Gasteiger partial charge in [-0.15, -0.1) is 11.8 Å². The monoisotopic (exact) mass is 557 g/mol. The molecule has 1 fully saturated rings. The average Bonchev–Trinajstić information content (AvgIpc) is 3.32. The summed E-state index contributed by atoms with van der Waals surface area (Å²) >= 11 is 1.23. The smallest absolute Gasteiger partial charge is 0.347 e. The van der Waals surface area contributed by atoms with Gasteiger partial charge in [0, 0.05) is 37.4 Å². The molecule has 1 unspecified atom stereocenters. The highest BCUT2D eigenvalue weighted by Crippen LogP contribution is 2.26. The van der Waals surface area contributed by atoms with E-state index in [2.05, 4.69) is 5.32 Å². The minimum atomic E-state index is -1.64. The van der Waals surface area contributed by atoms with Crippen LogP contribution in [0.15, 0.2) is 30.3 Å². The van der Waals surface area contributed by atoms with Crippen molar-refractivity contribution < 1.29 is 41.8 Å². The summed E-state index contributed by atoms with van der Waals surface area (Å²) in [5, 5.41) is 10.9. The Labute approximate surface area is 220 Å². The second kappa shape index (κ2) is 12.0. The number of nitrogens with one attached hydrogen (secondary N) is 1. The van der Waals surface area contributed by atoms with Crippen LogP contribution in [-0.4, -0.2) is 57.1 Å². The number of halogens is 4. The summed E-state index contributed by atoms with van der Waals surface area (Å²) < 4.78 is 60.1. The maximum Gasteiger partial charge on any atom is 0.347 e. The number of benzene rings is 2. The number of rotatable bonds is 10. The van der Waals surface area contributed by atoms with Gasteiger partial charge in [-0.05, 0) is 49.6 Å². The number of aliphatic carboxylic acids is 1. The van der Waals surface area contributed by atoms with Crippen LogP contribution in [0.5, 0.6) is 5.75 Å². The Morgan fingerprint density at radius 3 is 2.47 bits per heavy atom. The first-order valence-corrected chi connectivity index (χ1v) is 12.6. The summed E-state index contributed by atoms with van der Waals surface area (Å²) in [5.41, 5.74) is 4.53. The highest BCUT2D eigenvalue weighted by molar-refractivity contribution is 8.00. The number of thioether (sulfide) groups is 1. The van der Waals surface area contributed by atoms with Gasteiger partial charge in [0.05, 0.1) is 0 Å². The number of ether oxygens (including phenoxy) is 1. The van der Waals surface area contributed by atoms with E-state index in [1.807, 2.05) is 0 Å². The van der Waals surface area contributed by atoms with Crippen molar-refractivity contribution in [1.29, 1.82) is 0 Å². The topological polar surface area (TPSA) is 122 Å². The average molecular weight is 558 g/mol. The lowest BCUT2D eigenvalue weighted by Crippen LogP contribution is -2.46. The lowest BCUT2D eigenvalue weighted by molar-refractivity contribution is -0.152. The number of carboxylic acids is 1. The number of nitrogens with zero attached hydrogens (tertiary/aromatic N) is 1. The second-order valence-corrected chi connectivity index (χ2v) is 10.4. The van der Waals surface area contributed by atoms with Crippen LogP contribution >= 0.6 is 11.8 Å². The Morgan fingerprint density at radius 2 is 1.82 bits per heavy atom. The van der Waals surface area contributed by atoms with Crippen LogP contribution in [0.4, 0.5) is 17.6 Å². The summed E-state index contributed by atoms with van der Waals surface area (Å²) in [6, 6.07) is 4.06. The summed E-state index contributed by atoms with van der Waals surface area (Å²) in [5.74, 6) is -6.31. The molecule has 2 aromatic rings. The zero-order valence-electron chi connectivity index (χ0n) is 20.6. The molecule has 38 heavy (non-hydrogen) atoms. The first kappa shape index (κ1) is 29.2. The zero-order chi connectivity index (χ0) is 28.2. The first-order valence-electron chi connectivity index (χ1n) is 11.6. The van der Waals surface area contributed by atoms with E-state index in [9.17, 15) is 31.9 Å². The van der Waals surface area contributed by atoms with Gasteiger partial charge < -0.3 is 25.8 Å². The number of carboxylic acid groups (broad SMARTS) is 1. The van der Waals surface area contributed by atoms with Crippen molar-refractivity contribution in [2.45, 2.75) is 50.3 Å². The van der Waals surface area contributed by atoms with E-state index in [-0.39, 0.29) is 37.2 Å². The van der Waals surface area contributed by atoms with E-state index < -0.39 is 58.1 Å². The molecule has 0 aromatic heterocycles. The van der Waals surface area contributed by atoms with Crippen molar-refractivity contribution in [3.8, 4) is 5.75 Å². The third-order valence-corrected chi connectivity index (χ3v) is 6.99. The number of carbonyl (C=O) groups is 3. The maximum absolute atomic E-state index is 14.4. The van der Waals surface area contributed by atoms with Crippen LogP contribution in [0, 0.1) is 23.3 Å². The van der Waals surface area contributed by atoms with Gasteiger partial charge in [0.25, 0.3) is 5.91 Å². The van der Waals surface area contributed by atoms with Gasteiger partial charge in [0.15, 0.2) is 34.2 Å². The number of amides is 2. The molecule has 206 valence electrons. The molecule has 8 nitrogen and oxygen atoms in total. The molecule has 1 aliphatic rings. The highest BCUT2D eigenvalue weighted by atomic mass is 32.2. The predicted octanol–water partition coefficient (Wildman–Crippen LogP) is 2.96. The minimum absolute atomic E-state index is 0.0631. The fraction of sp³-hybridized carbons (Fsp3) is 0.400. The summed E-state index contributed by atoms with van der Waals surface area (Å²) in [7, 11) is 0. The Hall–Kier alpha value is -3.32. The van der Waals surface area contributed by atoms with Crippen LogP contribution in [0.2, 0.25) is 0 Å². The minimum Gasteiger partial charge on any atom is -0.478 e. The molecule has 4 N–H and O–H groups in total. The fourth-order valence-electron chi connectivity index (χ4n) is 3.69. The molecule has 3 rings (SSSR count). The van der Waals surface area contributed by atoms with Crippen LogP contribution in [-0.2, 0) is 27.3 Å². The van der Waals surface area contributed by atoms with Crippen LogP contribution in [0.25, 0.3) is 0 Å². The molecule has 0 spiro atoms. The lowest BCUT2D eigenvalue weighted by Gasteiger charge is -2.24. The summed E-state index contributed by atoms with van der Waals surface area (Å²) in [6.45, 7) is 2.77. The molecule has 1 heterocycles. The second-order valence-electron chi connectivity index (χ2n) is 9.24. The molecule has 2 atom stereocenters. The Bertz CT molecular complexity index is 1230. The zero-order valence-corrected chi connectivity index (χ0v) is 21.4. The third-order valence-electron chi connectivity index (χ3n) is 5.79. The van der Waals surface area contributed by atoms with Gasteiger partial charge in [-0.1, -0.05) is 6.07 Å². The molecule has 0 aliphatic carbocycles. The van der Waals surface area contributed by atoms with Crippen LogP contribution in [0.3, 0.4) is 0 Å². The lowest BCUT2D eigenvalue weighted by atomic mass is 10.0. The van der Waals surface area contributed by atoms with Crippen molar-refractivity contribution in [2.24, 2.45) is 5.73 Å². The Kier molecular flexibility index (Phi) is 9.26. The fourth-order valence-corrected chi connectivity index (χ4v) is 4.85. The Balaban J connectivity index is 1.56. The number of hydrogen-bond donors (Lipinski definition) is 3. The molecular formula is C25H27F4N3O5S. The summed E-state index contributed by atoms with van der Waals surface area (Å²) in [4.78, 5) is 38.1. The third kappa shape index (κ3) is 7.16. The van der Waals surface area contributed by atoms with Gasteiger partial charge in [-0.25, -0.2) is 22.4 Å². The number of hydrogen-bond acceptors (Lipinski definition) is 6. The van der Waals surface area contributed by atoms with Gasteiger partial charge in [0.2, 0.25) is 5.91 Å². The SMILES string of the molecule is CC(C)(Oc1ccc(CNC(=O)C2SCCN2C(=O)C[C@H](N)Cc2cc(F)c(F)cc2F)cc1F)C(=O)O. The summed E-state index contributed by atoms with van der Waals surface area (Å²) in [6.07, 6.45) is -0.455. The molecule has 2 amide bonds.